The summed E-state index contributed by atoms with van der Waals surface area (Å²) >= 11 is 1.12. The molecule has 0 atom stereocenters. The van der Waals surface area contributed by atoms with Crippen LogP contribution in [0.2, 0.25) is 0 Å². The van der Waals surface area contributed by atoms with Gasteiger partial charge in [-0.3, -0.25) is 4.79 Å². The lowest BCUT2D eigenvalue weighted by Crippen LogP contribution is -2.16. The maximum Gasteiger partial charge on any atom is 0.262 e. The Hall–Kier alpha value is -1.15. The molecule has 0 saturated heterocycles. The molecule has 0 aromatic rings. The van der Waals surface area contributed by atoms with Crippen molar-refractivity contribution in [2.75, 3.05) is 6.26 Å². The van der Waals surface area contributed by atoms with Crippen molar-refractivity contribution in [1.29, 1.82) is 5.26 Å². The second kappa shape index (κ2) is 3.80. The molecule has 0 bridgehead atoms. The topological polar surface area (TPSA) is 92.9 Å². The van der Waals surface area contributed by atoms with Gasteiger partial charge in [0.05, 0.1) is 5.03 Å². The molecule has 5 heteroatoms. The number of thioether (sulfide) groups is 1. The molecule has 0 heterocycles. The van der Waals surface area contributed by atoms with E-state index in [1.54, 1.807) is 12.3 Å². The Bertz CT molecular complexity index is 215. The van der Waals surface area contributed by atoms with Crippen LogP contribution in [0.15, 0.2) is 10.6 Å². The number of amides is 1. The van der Waals surface area contributed by atoms with Crippen molar-refractivity contribution in [3.8, 4) is 6.07 Å². The highest BCUT2D eigenvalue weighted by molar-refractivity contribution is 8.02. The predicted octanol–water partition coefficient (Wildman–Crippen LogP) is -0.471. The highest BCUT2D eigenvalue weighted by Crippen LogP contribution is 2.08. The number of carbonyl (C=O) groups is 1. The van der Waals surface area contributed by atoms with Crippen molar-refractivity contribution in [2.24, 2.45) is 11.5 Å². The molecule has 0 spiro atoms. The van der Waals surface area contributed by atoms with Crippen LogP contribution in [0, 0.1) is 11.3 Å². The molecule has 0 rings (SSSR count). The van der Waals surface area contributed by atoms with E-state index in [4.69, 9.17) is 16.7 Å². The van der Waals surface area contributed by atoms with Crippen LogP contribution >= 0.6 is 11.8 Å². The monoisotopic (exact) mass is 157 g/mol. The largest absolute Gasteiger partial charge is 0.392 e. The van der Waals surface area contributed by atoms with Crippen molar-refractivity contribution in [3.05, 3.63) is 10.6 Å². The molecule has 0 radical (unpaired) electrons. The average Bonchev–Trinajstić information content (AvgIpc) is 1.88. The van der Waals surface area contributed by atoms with Gasteiger partial charge in [0.2, 0.25) is 0 Å². The summed E-state index contributed by atoms with van der Waals surface area (Å²) in [6.45, 7) is 0. The van der Waals surface area contributed by atoms with Crippen LogP contribution in [0.4, 0.5) is 0 Å². The first-order valence-electron chi connectivity index (χ1n) is 2.37. The van der Waals surface area contributed by atoms with Gasteiger partial charge in [-0.2, -0.15) is 5.26 Å². The highest BCUT2D eigenvalue weighted by atomic mass is 32.2. The van der Waals surface area contributed by atoms with E-state index < -0.39 is 5.91 Å². The number of hydrogen-bond acceptors (Lipinski definition) is 4. The third kappa shape index (κ3) is 1.99. The molecule has 0 aromatic carbocycles. The standard InChI is InChI=1S/C5H7N3OS/c1-10-5(8)3(2-6)4(7)9/h8H2,1H3,(H2,7,9)/b5-3-. The summed E-state index contributed by atoms with van der Waals surface area (Å²) in [5.41, 5.74) is 9.89. The summed E-state index contributed by atoms with van der Waals surface area (Å²) in [5.74, 6) is -0.783. The van der Waals surface area contributed by atoms with Crippen LogP contribution in [0.25, 0.3) is 0 Å². The van der Waals surface area contributed by atoms with Gasteiger partial charge in [0.1, 0.15) is 11.6 Å². The minimum atomic E-state index is -0.783. The Morgan fingerprint density at radius 2 is 2.10 bits per heavy atom. The first kappa shape index (κ1) is 8.85. The van der Waals surface area contributed by atoms with E-state index in [2.05, 4.69) is 0 Å². The summed E-state index contributed by atoms with van der Waals surface area (Å²) in [5, 5.41) is 8.46. The predicted molar refractivity (Wildman–Crippen MR) is 39.5 cm³/mol. The zero-order valence-electron chi connectivity index (χ0n) is 5.42. The number of rotatable bonds is 2. The quantitative estimate of drug-likeness (QED) is 0.418. The summed E-state index contributed by atoms with van der Waals surface area (Å²) in [7, 11) is 0. The van der Waals surface area contributed by atoms with Crippen molar-refractivity contribution < 1.29 is 4.79 Å². The first-order valence-corrected chi connectivity index (χ1v) is 3.59. The second-order valence-corrected chi connectivity index (χ2v) is 2.27. The number of primary amides is 1. The van der Waals surface area contributed by atoms with Gasteiger partial charge in [-0.05, 0) is 6.26 Å². The molecular formula is C5H7N3OS. The maximum atomic E-state index is 10.4. The maximum absolute atomic E-state index is 10.4. The molecule has 0 aliphatic heterocycles. The number of nitriles is 1. The summed E-state index contributed by atoms with van der Waals surface area (Å²) in [4.78, 5) is 10.4. The molecule has 1 amide bonds. The van der Waals surface area contributed by atoms with Crippen molar-refractivity contribution >= 4 is 17.7 Å². The van der Waals surface area contributed by atoms with Gasteiger partial charge in [-0.1, -0.05) is 0 Å². The Morgan fingerprint density at radius 1 is 1.60 bits per heavy atom. The lowest BCUT2D eigenvalue weighted by molar-refractivity contribution is -0.114. The van der Waals surface area contributed by atoms with Gasteiger partial charge in [-0.15, -0.1) is 11.8 Å². The molecule has 54 valence electrons. The van der Waals surface area contributed by atoms with Crippen LogP contribution in [0.5, 0.6) is 0 Å². The minimum absolute atomic E-state index is 0.162. The Morgan fingerprint density at radius 3 is 2.20 bits per heavy atom. The molecule has 0 aliphatic rings. The van der Waals surface area contributed by atoms with Crippen molar-refractivity contribution in [3.63, 3.8) is 0 Å². The van der Waals surface area contributed by atoms with E-state index in [0.29, 0.717) is 0 Å². The molecule has 4 N–H and O–H groups in total. The van der Waals surface area contributed by atoms with Gasteiger partial charge < -0.3 is 11.5 Å². The third-order valence-electron chi connectivity index (χ3n) is 0.825. The van der Waals surface area contributed by atoms with Crippen molar-refractivity contribution in [1.82, 2.24) is 0 Å². The fourth-order valence-corrected chi connectivity index (χ4v) is 0.684. The van der Waals surface area contributed by atoms with Gasteiger partial charge in [0, 0.05) is 0 Å². The molecule has 0 aliphatic carbocycles. The summed E-state index contributed by atoms with van der Waals surface area (Å²) < 4.78 is 0. The Balaban J connectivity index is 4.68. The van der Waals surface area contributed by atoms with Gasteiger partial charge in [0.25, 0.3) is 5.91 Å². The van der Waals surface area contributed by atoms with Crippen LogP contribution in [0.3, 0.4) is 0 Å². The summed E-state index contributed by atoms with van der Waals surface area (Å²) in [6.07, 6.45) is 1.66. The van der Waals surface area contributed by atoms with E-state index >= 15 is 0 Å². The van der Waals surface area contributed by atoms with E-state index in [1.165, 1.54) is 0 Å². The normalized spacial score (nSPS) is 11.6. The van der Waals surface area contributed by atoms with Gasteiger partial charge in [-0.25, -0.2) is 0 Å². The second-order valence-electron chi connectivity index (χ2n) is 1.42. The van der Waals surface area contributed by atoms with E-state index in [-0.39, 0.29) is 10.6 Å². The summed E-state index contributed by atoms with van der Waals surface area (Å²) in [6, 6.07) is 1.61. The zero-order chi connectivity index (χ0) is 8.15. The SMILES string of the molecule is CS/C(N)=C(/C#N)C(N)=O. The van der Waals surface area contributed by atoms with E-state index in [1.807, 2.05) is 0 Å². The zero-order valence-corrected chi connectivity index (χ0v) is 6.23. The molecule has 0 aromatic heterocycles. The number of hydrogen-bond donors (Lipinski definition) is 2. The third-order valence-corrected chi connectivity index (χ3v) is 1.47. The van der Waals surface area contributed by atoms with Gasteiger partial charge in [0.15, 0.2) is 0 Å². The molecule has 0 fully saturated rings. The van der Waals surface area contributed by atoms with Crippen LogP contribution in [-0.2, 0) is 4.79 Å². The van der Waals surface area contributed by atoms with E-state index in [9.17, 15) is 4.79 Å². The number of nitrogens with two attached hydrogens (primary N) is 2. The number of carbonyl (C=O) groups excluding carboxylic acids is 1. The van der Waals surface area contributed by atoms with E-state index in [0.717, 1.165) is 11.8 Å². The molecule has 0 unspecified atom stereocenters. The first-order chi connectivity index (χ1) is 4.63. The van der Waals surface area contributed by atoms with Crippen LogP contribution in [0.1, 0.15) is 0 Å². The van der Waals surface area contributed by atoms with Crippen LogP contribution < -0.4 is 11.5 Å². The van der Waals surface area contributed by atoms with Gasteiger partial charge >= 0.3 is 0 Å². The molecule has 0 saturated carbocycles. The van der Waals surface area contributed by atoms with Crippen LogP contribution in [-0.4, -0.2) is 12.2 Å². The number of nitrogens with zero attached hydrogens (tertiary/aromatic N) is 1. The highest BCUT2D eigenvalue weighted by Gasteiger charge is 2.07. The fraction of sp³-hybridized carbons (Fsp3) is 0.200. The molecular weight excluding hydrogens is 150 g/mol. The minimum Gasteiger partial charge on any atom is -0.392 e. The Labute approximate surface area is 62.9 Å². The lowest BCUT2D eigenvalue weighted by Gasteiger charge is -1.95. The smallest absolute Gasteiger partial charge is 0.262 e. The lowest BCUT2D eigenvalue weighted by atomic mass is 10.3. The van der Waals surface area contributed by atoms with Crippen molar-refractivity contribution in [2.45, 2.75) is 0 Å². The Kier molecular flexibility index (Phi) is 3.36. The molecule has 10 heavy (non-hydrogen) atoms. The average molecular weight is 157 g/mol. The molecule has 4 nitrogen and oxygen atoms in total. The fourth-order valence-electron chi connectivity index (χ4n) is 0.334.